The Morgan fingerprint density at radius 3 is 2.41 bits per heavy atom. The Balaban J connectivity index is 1.65. The number of pyridine rings is 1. The first-order chi connectivity index (χ1) is 16.1. The van der Waals surface area contributed by atoms with Gasteiger partial charge in [0.1, 0.15) is 16.4 Å². The highest BCUT2D eigenvalue weighted by atomic mass is 35.5. The molecule has 1 aromatic carbocycles. The Labute approximate surface area is 204 Å². The van der Waals surface area contributed by atoms with Crippen molar-refractivity contribution < 1.29 is 23.5 Å². The number of carbonyl (C=O) groups excluding carboxylic acids is 2. The molecule has 1 fully saturated rings. The summed E-state index contributed by atoms with van der Waals surface area (Å²) in [5.74, 6) is -0.0788. The Morgan fingerprint density at radius 1 is 1.21 bits per heavy atom. The molecule has 9 heteroatoms. The zero-order valence-corrected chi connectivity index (χ0v) is 20.7. The molecule has 1 aliphatic rings. The van der Waals surface area contributed by atoms with Gasteiger partial charge >= 0.3 is 6.09 Å². The molecule has 1 N–H and O–H groups in total. The Bertz CT molecular complexity index is 1000. The number of hydrogen-bond donors (Lipinski definition) is 1. The van der Waals surface area contributed by atoms with Gasteiger partial charge < -0.3 is 19.7 Å². The van der Waals surface area contributed by atoms with Gasteiger partial charge in [-0.3, -0.25) is 4.79 Å². The molecule has 0 bridgehead atoms. The molecule has 1 aromatic heterocycles. The fraction of sp³-hybridized carbons (Fsp3) is 0.480. The van der Waals surface area contributed by atoms with E-state index >= 15 is 0 Å². The normalized spacial score (nSPS) is 15.5. The van der Waals surface area contributed by atoms with Crippen molar-refractivity contribution in [2.75, 3.05) is 20.2 Å². The molecular weight excluding hydrogens is 461 g/mol. The molecule has 3 rings (SSSR count). The van der Waals surface area contributed by atoms with Crippen LogP contribution in [-0.2, 0) is 9.53 Å². The van der Waals surface area contributed by atoms with Gasteiger partial charge in [0.15, 0.2) is 0 Å². The van der Waals surface area contributed by atoms with Crippen LogP contribution in [0.1, 0.15) is 57.2 Å². The summed E-state index contributed by atoms with van der Waals surface area (Å²) in [6.07, 6.45) is 3.00. The van der Waals surface area contributed by atoms with Gasteiger partial charge in [0.25, 0.3) is 0 Å². The van der Waals surface area contributed by atoms with Gasteiger partial charge in [0.05, 0.1) is 13.2 Å². The molecule has 2 amide bonds. The number of ether oxygens (including phenoxy) is 2. The highest BCUT2D eigenvalue weighted by molar-refractivity contribution is 6.31. The highest BCUT2D eigenvalue weighted by Gasteiger charge is 2.28. The Kier molecular flexibility index (Phi) is 8.36. The van der Waals surface area contributed by atoms with Crippen LogP contribution in [0, 0.1) is 11.7 Å². The van der Waals surface area contributed by atoms with Crippen molar-refractivity contribution in [3.63, 3.8) is 0 Å². The third-order valence-corrected chi connectivity index (χ3v) is 5.87. The number of piperidine rings is 1. The summed E-state index contributed by atoms with van der Waals surface area (Å²) in [7, 11) is 1.47. The van der Waals surface area contributed by atoms with Crippen LogP contribution in [0.5, 0.6) is 5.88 Å². The molecule has 0 saturated carbocycles. The monoisotopic (exact) mass is 491 g/mol. The summed E-state index contributed by atoms with van der Waals surface area (Å²) in [4.78, 5) is 31.1. The Morgan fingerprint density at radius 2 is 1.85 bits per heavy atom. The predicted molar refractivity (Wildman–Crippen MR) is 127 cm³/mol. The zero-order chi connectivity index (χ0) is 24.9. The second-order valence-corrected chi connectivity index (χ2v) is 9.83. The van der Waals surface area contributed by atoms with E-state index in [2.05, 4.69) is 10.3 Å². The number of likely N-dealkylation sites (tertiary alicyclic amines) is 1. The maximum atomic E-state index is 13.5. The zero-order valence-electron chi connectivity index (χ0n) is 19.9. The predicted octanol–water partition coefficient (Wildman–Crippen LogP) is 5.13. The molecule has 0 spiro atoms. The average molecular weight is 492 g/mol. The van der Waals surface area contributed by atoms with E-state index in [1.165, 1.54) is 19.2 Å². The van der Waals surface area contributed by atoms with E-state index in [9.17, 15) is 14.0 Å². The lowest BCUT2D eigenvalue weighted by Crippen LogP contribution is -2.42. The SMILES string of the molecule is COc1ncc(C(NC(=O)CC2CCN(C(=O)OC(C)(C)C)CC2)c2ccc(F)cc2)cc1Cl. The minimum atomic E-state index is -0.550. The van der Waals surface area contributed by atoms with Crippen LogP contribution >= 0.6 is 11.6 Å². The summed E-state index contributed by atoms with van der Waals surface area (Å²) in [6, 6.07) is 7.07. The number of carbonyl (C=O) groups is 2. The summed E-state index contributed by atoms with van der Waals surface area (Å²) in [5, 5.41) is 3.36. The number of rotatable bonds is 6. The van der Waals surface area contributed by atoms with Crippen molar-refractivity contribution in [2.24, 2.45) is 5.92 Å². The van der Waals surface area contributed by atoms with Crippen molar-refractivity contribution in [1.82, 2.24) is 15.2 Å². The molecule has 7 nitrogen and oxygen atoms in total. The van der Waals surface area contributed by atoms with Crippen molar-refractivity contribution in [2.45, 2.75) is 51.7 Å². The minimum Gasteiger partial charge on any atom is -0.480 e. The summed E-state index contributed by atoms with van der Waals surface area (Å²) >= 11 is 6.26. The van der Waals surface area contributed by atoms with Gasteiger partial charge in [-0.2, -0.15) is 0 Å². The van der Waals surface area contributed by atoms with Crippen molar-refractivity contribution in [3.8, 4) is 5.88 Å². The first-order valence-corrected chi connectivity index (χ1v) is 11.7. The summed E-state index contributed by atoms with van der Waals surface area (Å²) in [5.41, 5.74) is 0.825. The van der Waals surface area contributed by atoms with Crippen LogP contribution in [-0.4, -0.2) is 47.7 Å². The number of amides is 2. The van der Waals surface area contributed by atoms with Gasteiger partial charge in [-0.15, -0.1) is 0 Å². The van der Waals surface area contributed by atoms with E-state index in [4.69, 9.17) is 21.1 Å². The van der Waals surface area contributed by atoms with Crippen LogP contribution in [0.2, 0.25) is 5.02 Å². The molecule has 34 heavy (non-hydrogen) atoms. The lowest BCUT2D eigenvalue weighted by Gasteiger charge is -2.33. The van der Waals surface area contributed by atoms with Gasteiger partial charge in [-0.1, -0.05) is 23.7 Å². The number of nitrogens with one attached hydrogen (secondary N) is 1. The highest BCUT2D eigenvalue weighted by Crippen LogP contribution is 2.29. The third kappa shape index (κ3) is 7.06. The largest absolute Gasteiger partial charge is 0.480 e. The summed E-state index contributed by atoms with van der Waals surface area (Å²) in [6.45, 7) is 6.61. The van der Waals surface area contributed by atoms with Gasteiger partial charge in [-0.25, -0.2) is 14.2 Å². The first kappa shape index (κ1) is 25.7. The second-order valence-electron chi connectivity index (χ2n) is 9.43. The van der Waals surface area contributed by atoms with Crippen molar-refractivity contribution in [1.29, 1.82) is 0 Å². The maximum absolute atomic E-state index is 13.5. The van der Waals surface area contributed by atoms with E-state index in [0.717, 1.165) is 0 Å². The maximum Gasteiger partial charge on any atom is 0.410 e. The van der Waals surface area contributed by atoms with E-state index in [0.29, 0.717) is 48.5 Å². The first-order valence-electron chi connectivity index (χ1n) is 11.3. The lowest BCUT2D eigenvalue weighted by molar-refractivity contribution is -0.122. The molecule has 1 saturated heterocycles. The van der Waals surface area contributed by atoms with Crippen LogP contribution in [0.4, 0.5) is 9.18 Å². The molecule has 1 unspecified atom stereocenters. The number of benzene rings is 1. The van der Waals surface area contributed by atoms with Gasteiger partial charge in [0, 0.05) is 25.7 Å². The second kappa shape index (κ2) is 11.0. The number of aromatic nitrogens is 1. The van der Waals surface area contributed by atoms with Crippen molar-refractivity contribution in [3.05, 3.63) is 58.5 Å². The molecule has 2 heterocycles. The molecule has 2 aromatic rings. The van der Waals surface area contributed by atoms with Crippen LogP contribution < -0.4 is 10.1 Å². The smallest absolute Gasteiger partial charge is 0.410 e. The number of methoxy groups -OCH3 is 1. The fourth-order valence-electron chi connectivity index (χ4n) is 3.89. The topological polar surface area (TPSA) is 80.8 Å². The quantitative estimate of drug-likeness (QED) is 0.606. The molecular formula is C25H31ClFN3O4. The van der Waals surface area contributed by atoms with Crippen LogP contribution in [0.15, 0.2) is 36.5 Å². The Hall–Kier alpha value is -2.87. The fourth-order valence-corrected chi connectivity index (χ4v) is 4.14. The number of halogens is 2. The van der Waals surface area contributed by atoms with Gasteiger partial charge in [-0.05, 0) is 68.9 Å². The average Bonchev–Trinajstić information content (AvgIpc) is 2.77. The molecule has 1 aliphatic heterocycles. The van der Waals surface area contributed by atoms with E-state index in [1.54, 1.807) is 29.3 Å². The minimum absolute atomic E-state index is 0.142. The van der Waals surface area contributed by atoms with Crippen LogP contribution in [0.3, 0.4) is 0 Å². The van der Waals surface area contributed by atoms with E-state index < -0.39 is 11.6 Å². The van der Waals surface area contributed by atoms with E-state index in [-0.39, 0.29) is 29.6 Å². The molecule has 1 atom stereocenters. The standard InChI is InChI=1S/C25H31ClFN3O4/c1-25(2,3)34-24(32)30-11-9-16(10-12-30)13-21(31)29-22(17-5-7-19(27)8-6-17)18-14-20(26)23(33-4)28-15-18/h5-8,14-16,22H,9-13H2,1-4H3,(H,29,31). The molecule has 0 radical (unpaired) electrons. The lowest BCUT2D eigenvalue weighted by atomic mass is 9.92. The van der Waals surface area contributed by atoms with Crippen molar-refractivity contribution >= 4 is 23.6 Å². The third-order valence-electron chi connectivity index (χ3n) is 5.60. The molecule has 0 aliphatic carbocycles. The van der Waals surface area contributed by atoms with Crippen LogP contribution in [0.25, 0.3) is 0 Å². The van der Waals surface area contributed by atoms with Gasteiger partial charge in [0.2, 0.25) is 11.8 Å². The number of hydrogen-bond acceptors (Lipinski definition) is 5. The number of nitrogens with zero attached hydrogens (tertiary/aromatic N) is 2. The molecule has 184 valence electrons. The van der Waals surface area contributed by atoms with E-state index in [1.807, 2.05) is 20.8 Å². The summed E-state index contributed by atoms with van der Waals surface area (Å²) < 4.78 is 24.0.